The van der Waals surface area contributed by atoms with Crippen LogP contribution in [0, 0.1) is 5.92 Å². The summed E-state index contributed by atoms with van der Waals surface area (Å²) < 4.78 is 74.5. The highest BCUT2D eigenvalue weighted by molar-refractivity contribution is 7.49. The van der Waals surface area contributed by atoms with E-state index in [0.717, 1.165) is 36.4 Å². The number of carbonyl (C=O) groups is 7. The molecule has 0 aliphatic carbocycles. The minimum Gasteiger partial charge on any atom is -0.480 e. The van der Waals surface area contributed by atoms with Gasteiger partial charge in [-0.05, 0) is 67.0 Å². The summed E-state index contributed by atoms with van der Waals surface area (Å²) in [4.78, 5) is 186. The first-order chi connectivity index (χ1) is 34.8. The Balaban J connectivity index is 2.64. The highest BCUT2D eigenvalue weighted by Gasteiger charge is 2.35. The zero-order valence-corrected chi connectivity index (χ0v) is 44.3. The summed E-state index contributed by atoms with van der Waals surface area (Å²) in [5.41, 5.74) is 5.94. The van der Waals surface area contributed by atoms with Crippen molar-refractivity contribution < 1.29 is 129 Å². The van der Waals surface area contributed by atoms with Crippen molar-refractivity contribution in [2.45, 2.75) is 95.0 Å². The molecule has 0 saturated heterocycles. The average molecular weight is 1190 g/mol. The number of unbranched alkanes of at least 4 members (excludes halogenated alkanes) is 1. The van der Waals surface area contributed by atoms with Crippen LogP contribution < -0.4 is 46.5 Å². The summed E-state index contributed by atoms with van der Waals surface area (Å²) in [7, 11) is -25.8. The number of nitrogens with one attached hydrogen (secondary N) is 6. The van der Waals surface area contributed by atoms with Gasteiger partial charge < -0.3 is 70.6 Å². The summed E-state index contributed by atoms with van der Waals surface area (Å²) >= 11 is 0. The van der Waals surface area contributed by atoms with Crippen LogP contribution in [0.25, 0.3) is 0 Å². The van der Waals surface area contributed by atoms with Gasteiger partial charge in [0.1, 0.15) is 41.7 Å². The molecular formula is C37H58N7O27P5. The first-order valence-electron chi connectivity index (χ1n) is 21.7. The second kappa shape index (κ2) is 29.6. The second-order valence-corrected chi connectivity index (χ2v) is 22.8. The molecule has 0 spiro atoms. The number of phosphoric acid groups is 4. The van der Waals surface area contributed by atoms with Gasteiger partial charge in [-0.1, -0.05) is 38.1 Å². The maximum Gasteiger partial charge on any atom is 0.526 e. The molecule has 0 unspecified atom stereocenters. The lowest BCUT2D eigenvalue weighted by Gasteiger charge is -2.27. The Kier molecular flexibility index (Phi) is 26.2. The van der Waals surface area contributed by atoms with Crippen molar-refractivity contribution >= 4 is 80.5 Å². The van der Waals surface area contributed by atoms with Crippen molar-refractivity contribution in [1.29, 1.82) is 0 Å². The minimum atomic E-state index is -5.53. The average Bonchev–Trinajstić information content (AvgIpc) is 3.24. The number of hydrogen-bond acceptors (Lipinski definition) is 17. The molecule has 0 heterocycles. The Morgan fingerprint density at radius 1 is 0.539 bits per heavy atom. The number of hydrogen-bond donors (Lipinski definition) is 18. The summed E-state index contributed by atoms with van der Waals surface area (Å²) in [6.07, 6.45) is -3.20. The van der Waals surface area contributed by atoms with Crippen LogP contribution in [0.1, 0.15) is 57.1 Å². The fraction of sp³-hybridized carbons (Fsp3) is 0.486. The summed E-state index contributed by atoms with van der Waals surface area (Å²) in [5, 5.41) is 22.8. The maximum atomic E-state index is 14.2. The number of carboxylic acids is 1. The van der Waals surface area contributed by atoms with Crippen LogP contribution in [0.2, 0.25) is 0 Å². The quantitative estimate of drug-likeness (QED) is 0.0255. The molecule has 0 aliphatic heterocycles. The first-order valence-corrected chi connectivity index (χ1v) is 29.5. The van der Waals surface area contributed by atoms with Gasteiger partial charge in [-0.2, -0.15) is 0 Å². The van der Waals surface area contributed by atoms with Gasteiger partial charge in [0.15, 0.2) is 0 Å². The van der Waals surface area contributed by atoms with Gasteiger partial charge in [-0.3, -0.25) is 62.7 Å². The van der Waals surface area contributed by atoms with E-state index in [-0.39, 0.29) is 54.4 Å². The molecule has 0 radical (unpaired) electrons. The summed E-state index contributed by atoms with van der Waals surface area (Å²) in [5.74, 6) is -10.8. The van der Waals surface area contributed by atoms with E-state index in [1.165, 1.54) is 12.1 Å². The zero-order chi connectivity index (χ0) is 58.0. The molecule has 6 atom stereocenters. The van der Waals surface area contributed by atoms with E-state index in [2.05, 4.69) is 44.7 Å². The Morgan fingerprint density at radius 2 is 0.947 bits per heavy atom. The molecule has 0 aromatic heterocycles. The maximum absolute atomic E-state index is 14.2. The molecule has 0 bridgehead atoms. The lowest BCUT2D eigenvalue weighted by atomic mass is 10.0. The van der Waals surface area contributed by atoms with Crippen LogP contribution in [-0.4, -0.2) is 145 Å². The lowest BCUT2D eigenvalue weighted by molar-refractivity contribution is -0.143. The molecular weight excluding hydrogens is 1130 g/mol. The van der Waals surface area contributed by atoms with Crippen molar-refractivity contribution in [3.63, 3.8) is 0 Å². The standard InChI is InChI=1S/C37H58N7O27P5/c1-20(2)15-29(37(51)52)43-34(48)28(17-22-8-12-24(13-9-22)70-75(62,63)64)42-33(47)26(5-3-4-14-39-72(53,54)55)40-36(50)30(19-68-73(56,57)58)44-35(49)27(16-21-6-10-23(11-7-21)69-74(59,60)61)41-32(46)25(38)18-31(45)71-76(65,66)67/h6-13,20,25-30H,3-5,14-19,38H2,1-2H3,(H,40,50)(H,41,46)(H,42,47)(H,43,48)(H,44,49)(H,51,52)(H2,56,57,58)(H2,59,60,61)(H2,62,63,64)(H2,65,66,67)(H3,39,53,54,55)/t25-,26-,27-,28-,29-,30-/m0/s1. The molecule has 0 saturated carbocycles. The van der Waals surface area contributed by atoms with Crippen molar-refractivity contribution in [3.05, 3.63) is 59.7 Å². The lowest BCUT2D eigenvalue weighted by Crippen LogP contribution is -2.60. The predicted molar refractivity (Wildman–Crippen MR) is 255 cm³/mol. The Morgan fingerprint density at radius 3 is 1.36 bits per heavy atom. The van der Waals surface area contributed by atoms with E-state index in [4.69, 9.17) is 25.3 Å². The Labute approximate surface area is 430 Å². The van der Waals surface area contributed by atoms with Crippen LogP contribution in [-0.2, 0) is 78.3 Å². The number of rotatable bonds is 33. The largest absolute Gasteiger partial charge is 0.526 e. The number of aliphatic carboxylic acids is 1. The van der Waals surface area contributed by atoms with E-state index in [0.29, 0.717) is 0 Å². The number of carboxylic acid groups (broad SMARTS) is 1. The minimum absolute atomic E-state index is 0.0494. The van der Waals surface area contributed by atoms with Gasteiger partial charge in [0, 0.05) is 19.4 Å². The van der Waals surface area contributed by atoms with Gasteiger partial charge in [0.25, 0.3) is 0 Å². The third-order valence-corrected chi connectivity index (χ3v) is 12.1. The third-order valence-electron chi connectivity index (χ3n) is 9.62. The van der Waals surface area contributed by atoms with Gasteiger partial charge >= 0.3 is 51.0 Å². The first kappa shape index (κ1) is 67.1. The third kappa shape index (κ3) is 28.9. The monoisotopic (exact) mass is 1190 g/mol. The molecule has 2 rings (SSSR count). The van der Waals surface area contributed by atoms with Crippen molar-refractivity contribution in [2.24, 2.45) is 11.7 Å². The van der Waals surface area contributed by atoms with Crippen LogP contribution >= 0.6 is 39.0 Å². The van der Waals surface area contributed by atoms with Gasteiger partial charge in [0.05, 0.1) is 19.1 Å². The number of amides is 5. The molecule has 2 aromatic carbocycles. The van der Waals surface area contributed by atoms with E-state index in [1.807, 2.05) is 5.09 Å². The Bertz CT molecular complexity index is 2580. The van der Waals surface area contributed by atoms with E-state index in [9.17, 15) is 90.9 Å². The van der Waals surface area contributed by atoms with Crippen LogP contribution in [0.3, 0.4) is 0 Å². The molecule has 5 amide bonds. The smallest absolute Gasteiger partial charge is 0.480 e. The van der Waals surface area contributed by atoms with Crippen LogP contribution in [0.5, 0.6) is 11.5 Å². The fourth-order valence-corrected chi connectivity index (χ4v) is 8.29. The van der Waals surface area contributed by atoms with Crippen LogP contribution in [0.4, 0.5) is 0 Å². The summed E-state index contributed by atoms with van der Waals surface area (Å²) in [6.45, 7) is 1.51. The van der Waals surface area contributed by atoms with Crippen molar-refractivity contribution in [1.82, 2.24) is 31.7 Å². The molecule has 0 fully saturated rings. The van der Waals surface area contributed by atoms with Gasteiger partial charge in [-0.15, -0.1) is 0 Å². The topological polar surface area (TPSA) is 562 Å². The highest BCUT2D eigenvalue weighted by Crippen LogP contribution is 2.39. The Hall–Kier alpha value is -5.04. The molecule has 0 aliphatic rings. The number of nitrogens with two attached hydrogens (primary N) is 1. The molecule has 34 nitrogen and oxygen atoms in total. The van der Waals surface area contributed by atoms with Gasteiger partial charge in [0.2, 0.25) is 29.5 Å². The molecule has 39 heteroatoms. The van der Waals surface area contributed by atoms with Crippen molar-refractivity contribution in [2.75, 3.05) is 13.2 Å². The molecule has 428 valence electrons. The second-order valence-electron chi connectivity index (χ2n) is 16.6. The molecule has 76 heavy (non-hydrogen) atoms. The number of phosphoric ester groups is 4. The van der Waals surface area contributed by atoms with Crippen LogP contribution in [0.15, 0.2) is 48.5 Å². The van der Waals surface area contributed by atoms with E-state index < -0.39 is 149 Å². The summed E-state index contributed by atoms with van der Waals surface area (Å²) in [6, 6.07) is -2.41. The van der Waals surface area contributed by atoms with Crippen molar-refractivity contribution in [3.8, 4) is 11.5 Å². The fourth-order valence-electron chi connectivity index (χ4n) is 6.36. The predicted octanol–water partition coefficient (Wildman–Crippen LogP) is -2.72. The van der Waals surface area contributed by atoms with E-state index in [1.54, 1.807) is 13.8 Å². The zero-order valence-electron chi connectivity index (χ0n) is 39.8. The number of carbonyl (C=O) groups excluding carboxylic acids is 6. The van der Waals surface area contributed by atoms with Gasteiger partial charge in [-0.25, -0.2) is 32.7 Å². The molecule has 19 N–H and O–H groups in total. The molecule has 2 aromatic rings. The number of benzene rings is 2. The van der Waals surface area contributed by atoms with E-state index >= 15 is 0 Å². The normalized spacial score (nSPS) is 14.7. The highest BCUT2D eigenvalue weighted by atomic mass is 31.2. The SMILES string of the molecule is CC(C)C[C@H](NC(=O)[C@H](Cc1ccc(OP(=O)(O)O)cc1)NC(=O)[C@H](CCCCNP(=O)(O)O)NC(=O)[C@H](COP(=O)(O)O)NC(=O)[C@H](Cc1ccc(OP(=O)(O)O)cc1)NC(=O)[C@@H](N)CC(=O)OP(=O)(O)O)C(=O)O.